The minimum absolute atomic E-state index is 0.0692. The predicted molar refractivity (Wildman–Crippen MR) is 56.1 cm³/mol. The summed E-state index contributed by atoms with van der Waals surface area (Å²) < 4.78 is 25.8. The molecule has 6 heteroatoms. The molecule has 0 aromatic heterocycles. The standard InChI is InChI=1S/C9H16O5P/c1-4-9(10)13-5-6-15(11)14-8(2)7-12-3/h4,8H,1,5-7H2,2-3H3/q+1. The molecule has 0 aliphatic carbocycles. The van der Waals surface area contributed by atoms with Crippen molar-refractivity contribution in [3.8, 4) is 0 Å². The summed E-state index contributed by atoms with van der Waals surface area (Å²) in [6.07, 6.45) is 1.01. The van der Waals surface area contributed by atoms with Crippen molar-refractivity contribution in [1.82, 2.24) is 0 Å². The van der Waals surface area contributed by atoms with Crippen LogP contribution in [0.1, 0.15) is 6.92 Å². The zero-order chi connectivity index (χ0) is 11.7. The van der Waals surface area contributed by atoms with Gasteiger partial charge in [-0.2, -0.15) is 0 Å². The Hall–Kier alpha value is -0.770. The van der Waals surface area contributed by atoms with Gasteiger partial charge in [-0.25, -0.2) is 4.79 Å². The molecule has 0 saturated carbocycles. The number of rotatable bonds is 8. The fourth-order valence-corrected chi connectivity index (χ4v) is 1.61. The van der Waals surface area contributed by atoms with Crippen LogP contribution in [0.3, 0.4) is 0 Å². The van der Waals surface area contributed by atoms with E-state index >= 15 is 0 Å². The van der Waals surface area contributed by atoms with Crippen molar-refractivity contribution < 1.29 is 23.4 Å². The second-order valence-electron chi connectivity index (χ2n) is 2.80. The van der Waals surface area contributed by atoms with Crippen molar-refractivity contribution in [3.63, 3.8) is 0 Å². The van der Waals surface area contributed by atoms with E-state index in [1.165, 1.54) is 0 Å². The van der Waals surface area contributed by atoms with Gasteiger partial charge in [0, 0.05) is 13.2 Å². The molecule has 0 heterocycles. The van der Waals surface area contributed by atoms with Gasteiger partial charge in [-0.3, -0.25) is 0 Å². The summed E-state index contributed by atoms with van der Waals surface area (Å²) in [5.74, 6) is -0.525. The van der Waals surface area contributed by atoms with Crippen LogP contribution in [0, 0.1) is 0 Å². The maximum Gasteiger partial charge on any atom is 0.512 e. The molecule has 15 heavy (non-hydrogen) atoms. The maximum absolute atomic E-state index is 11.3. The number of hydrogen-bond donors (Lipinski definition) is 0. The van der Waals surface area contributed by atoms with E-state index in [1.807, 2.05) is 0 Å². The van der Waals surface area contributed by atoms with Gasteiger partial charge in [-0.05, 0) is 11.5 Å². The van der Waals surface area contributed by atoms with Crippen LogP contribution in [0.15, 0.2) is 12.7 Å². The second kappa shape index (κ2) is 8.53. The van der Waals surface area contributed by atoms with Crippen LogP contribution in [0.2, 0.25) is 0 Å². The fourth-order valence-electron chi connectivity index (χ4n) is 0.798. The summed E-state index contributed by atoms with van der Waals surface area (Å²) in [5, 5.41) is 0. The van der Waals surface area contributed by atoms with Crippen LogP contribution in [-0.2, 0) is 23.4 Å². The highest BCUT2D eigenvalue weighted by atomic mass is 31.1. The molecule has 5 nitrogen and oxygen atoms in total. The van der Waals surface area contributed by atoms with Crippen molar-refractivity contribution in [2.45, 2.75) is 13.0 Å². The number of hydrogen-bond acceptors (Lipinski definition) is 5. The summed E-state index contributed by atoms with van der Waals surface area (Å²) in [7, 11) is -0.268. The highest BCUT2D eigenvalue weighted by Crippen LogP contribution is 2.23. The van der Waals surface area contributed by atoms with E-state index in [1.54, 1.807) is 14.0 Å². The Bertz CT molecular complexity index is 229. The SMILES string of the molecule is C=CC(=O)OCC[P+](=O)OC(C)COC. The Balaban J connectivity index is 3.57. The number of ether oxygens (including phenoxy) is 2. The first kappa shape index (κ1) is 14.2. The van der Waals surface area contributed by atoms with Gasteiger partial charge in [-0.1, -0.05) is 6.58 Å². The molecule has 0 amide bonds. The fraction of sp³-hybridized carbons (Fsp3) is 0.667. The third kappa shape index (κ3) is 8.24. The Morgan fingerprint density at radius 3 is 2.80 bits per heavy atom. The molecule has 0 aromatic rings. The van der Waals surface area contributed by atoms with Gasteiger partial charge in [0.05, 0.1) is 6.61 Å². The number of carbonyl (C=O) groups is 1. The molecule has 2 unspecified atom stereocenters. The molecule has 0 bridgehead atoms. The molecule has 0 spiro atoms. The smallest absolute Gasteiger partial charge is 0.458 e. The largest absolute Gasteiger partial charge is 0.512 e. The van der Waals surface area contributed by atoms with Crippen LogP contribution in [0.25, 0.3) is 0 Å². The molecule has 0 saturated heterocycles. The lowest BCUT2D eigenvalue weighted by molar-refractivity contribution is -0.137. The molecule has 0 aromatic carbocycles. The van der Waals surface area contributed by atoms with Crippen LogP contribution >= 0.6 is 8.03 Å². The maximum atomic E-state index is 11.3. The van der Waals surface area contributed by atoms with Gasteiger partial charge < -0.3 is 9.47 Å². The zero-order valence-electron chi connectivity index (χ0n) is 8.97. The highest BCUT2D eigenvalue weighted by molar-refractivity contribution is 7.39. The van der Waals surface area contributed by atoms with E-state index < -0.39 is 14.0 Å². The monoisotopic (exact) mass is 235 g/mol. The van der Waals surface area contributed by atoms with Crippen molar-refractivity contribution in [3.05, 3.63) is 12.7 Å². The summed E-state index contributed by atoms with van der Waals surface area (Å²) in [5.41, 5.74) is 0. The Labute approximate surface area is 90.3 Å². The quantitative estimate of drug-likeness (QED) is 0.362. The molecule has 86 valence electrons. The van der Waals surface area contributed by atoms with Crippen LogP contribution in [0.5, 0.6) is 0 Å². The summed E-state index contributed by atoms with van der Waals surface area (Å²) in [4.78, 5) is 10.6. The summed E-state index contributed by atoms with van der Waals surface area (Å²) in [6, 6.07) is 0. The van der Waals surface area contributed by atoms with Gasteiger partial charge >= 0.3 is 14.0 Å². The third-order valence-corrected chi connectivity index (χ3v) is 2.53. The minimum atomic E-state index is -1.81. The van der Waals surface area contributed by atoms with E-state index in [2.05, 4.69) is 11.3 Å². The zero-order valence-corrected chi connectivity index (χ0v) is 9.87. The third-order valence-electron chi connectivity index (χ3n) is 1.38. The molecular weight excluding hydrogens is 219 g/mol. The number of carbonyl (C=O) groups excluding carboxylic acids is 1. The van der Waals surface area contributed by atoms with Crippen LogP contribution < -0.4 is 0 Å². The average Bonchev–Trinajstić information content (AvgIpc) is 2.17. The number of methoxy groups -OCH3 is 1. The van der Waals surface area contributed by atoms with Crippen LogP contribution in [0.4, 0.5) is 0 Å². The second-order valence-corrected chi connectivity index (χ2v) is 4.12. The van der Waals surface area contributed by atoms with E-state index in [0.717, 1.165) is 6.08 Å². The Morgan fingerprint density at radius 1 is 1.60 bits per heavy atom. The lowest BCUT2D eigenvalue weighted by Gasteiger charge is -2.02. The van der Waals surface area contributed by atoms with Gasteiger partial charge in [0.25, 0.3) is 0 Å². The van der Waals surface area contributed by atoms with Gasteiger partial charge in [0.2, 0.25) is 6.16 Å². The predicted octanol–water partition coefficient (Wildman–Crippen LogP) is 1.51. The molecule has 0 aliphatic rings. The first-order valence-electron chi connectivity index (χ1n) is 4.49. The lowest BCUT2D eigenvalue weighted by atomic mass is 10.5. The molecule has 0 aliphatic heterocycles. The van der Waals surface area contributed by atoms with Crippen molar-refractivity contribution in [1.29, 1.82) is 0 Å². The first-order valence-corrected chi connectivity index (χ1v) is 5.86. The number of esters is 1. The normalized spacial score (nSPS) is 13.1. The van der Waals surface area contributed by atoms with E-state index in [4.69, 9.17) is 9.26 Å². The summed E-state index contributed by atoms with van der Waals surface area (Å²) in [6.45, 7) is 5.44. The van der Waals surface area contributed by atoms with E-state index in [0.29, 0.717) is 6.61 Å². The topological polar surface area (TPSA) is 61.8 Å². The minimum Gasteiger partial charge on any atom is -0.458 e. The van der Waals surface area contributed by atoms with E-state index in [-0.39, 0.29) is 18.9 Å². The average molecular weight is 235 g/mol. The molecule has 0 radical (unpaired) electrons. The van der Waals surface area contributed by atoms with Crippen molar-refractivity contribution in [2.75, 3.05) is 26.5 Å². The van der Waals surface area contributed by atoms with E-state index in [9.17, 15) is 9.36 Å². The first-order chi connectivity index (χ1) is 7.10. The summed E-state index contributed by atoms with van der Waals surface area (Å²) >= 11 is 0. The molecule has 0 N–H and O–H groups in total. The molecular formula is C9H16O5P+. The molecule has 2 atom stereocenters. The lowest BCUT2D eigenvalue weighted by Crippen LogP contribution is -2.12. The molecule has 0 rings (SSSR count). The van der Waals surface area contributed by atoms with Crippen molar-refractivity contribution in [2.24, 2.45) is 0 Å². The van der Waals surface area contributed by atoms with Gasteiger partial charge in [-0.15, -0.1) is 4.52 Å². The Morgan fingerprint density at radius 2 is 2.27 bits per heavy atom. The van der Waals surface area contributed by atoms with Gasteiger partial charge in [0.1, 0.15) is 12.7 Å². The molecule has 0 fully saturated rings. The van der Waals surface area contributed by atoms with Crippen molar-refractivity contribution >= 4 is 14.0 Å². The van der Waals surface area contributed by atoms with Gasteiger partial charge in [0.15, 0.2) is 0 Å². The highest BCUT2D eigenvalue weighted by Gasteiger charge is 2.22. The van der Waals surface area contributed by atoms with Crippen LogP contribution in [-0.4, -0.2) is 38.6 Å². The Kier molecular flexibility index (Phi) is 8.09.